The van der Waals surface area contributed by atoms with Crippen LogP contribution in [0.1, 0.15) is 5.56 Å². The maximum Gasteiger partial charge on any atom is 0.247 e. The van der Waals surface area contributed by atoms with E-state index in [0.717, 1.165) is 9.87 Å². The summed E-state index contributed by atoms with van der Waals surface area (Å²) in [6, 6.07) is 8.03. The minimum atomic E-state index is -3.94. The van der Waals surface area contributed by atoms with Crippen LogP contribution < -0.4 is 14.8 Å². The Balaban J connectivity index is 2.10. The van der Waals surface area contributed by atoms with Gasteiger partial charge in [-0.3, -0.25) is 9.78 Å². The standard InChI is InChI=1S/C17H21N3O5S/c1-20(12-17(21)19-11-13-5-4-8-18-10-13)26(22,23)16-9-14(24-2)6-7-15(16)25-3/h4-10H,11-12H2,1-3H3,(H,19,21). The molecule has 1 aromatic carbocycles. The van der Waals surface area contributed by atoms with Crippen LogP contribution in [0, 0.1) is 0 Å². The second-order valence-corrected chi connectivity index (χ2v) is 7.43. The minimum absolute atomic E-state index is 0.0677. The fourth-order valence-electron chi connectivity index (χ4n) is 2.20. The highest BCUT2D eigenvalue weighted by atomic mass is 32.2. The number of nitrogens with one attached hydrogen (secondary N) is 1. The van der Waals surface area contributed by atoms with Crippen LogP contribution in [0.2, 0.25) is 0 Å². The second kappa shape index (κ2) is 8.63. The van der Waals surface area contributed by atoms with Crippen LogP contribution in [0.4, 0.5) is 0 Å². The number of hydrogen-bond acceptors (Lipinski definition) is 6. The number of pyridine rings is 1. The van der Waals surface area contributed by atoms with Gasteiger partial charge in [-0.1, -0.05) is 6.07 Å². The van der Waals surface area contributed by atoms with Crippen molar-refractivity contribution in [3.8, 4) is 11.5 Å². The molecule has 0 aliphatic carbocycles. The molecule has 0 aliphatic heterocycles. The van der Waals surface area contributed by atoms with Gasteiger partial charge in [0, 0.05) is 32.1 Å². The van der Waals surface area contributed by atoms with Crippen molar-refractivity contribution < 1.29 is 22.7 Å². The molecule has 26 heavy (non-hydrogen) atoms. The van der Waals surface area contributed by atoms with Gasteiger partial charge in [0.25, 0.3) is 0 Å². The SMILES string of the molecule is COc1ccc(OC)c(S(=O)(=O)N(C)CC(=O)NCc2cccnc2)c1. The molecule has 0 fully saturated rings. The van der Waals surface area contributed by atoms with Gasteiger partial charge in [0.1, 0.15) is 16.4 Å². The average molecular weight is 379 g/mol. The number of methoxy groups -OCH3 is 2. The molecule has 2 rings (SSSR count). The first-order chi connectivity index (χ1) is 12.4. The zero-order chi connectivity index (χ0) is 19.2. The third-order valence-electron chi connectivity index (χ3n) is 3.64. The minimum Gasteiger partial charge on any atom is -0.497 e. The highest BCUT2D eigenvalue weighted by Gasteiger charge is 2.27. The third kappa shape index (κ3) is 4.70. The number of rotatable bonds is 8. The van der Waals surface area contributed by atoms with Gasteiger partial charge in [0.15, 0.2) is 0 Å². The molecule has 2 aromatic rings. The van der Waals surface area contributed by atoms with Crippen LogP contribution in [-0.2, 0) is 21.4 Å². The number of amides is 1. The predicted octanol–water partition coefficient (Wildman–Crippen LogP) is 1.04. The van der Waals surface area contributed by atoms with E-state index < -0.39 is 15.9 Å². The number of carbonyl (C=O) groups is 1. The molecule has 0 bridgehead atoms. The van der Waals surface area contributed by atoms with Gasteiger partial charge in [-0.05, 0) is 23.8 Å². The largest absolute Gasteiger partial charge is 0.497 e. The van der Waals surface area contributed by atoms with Gasteiger partial charge in [0.2, 0.25) is 15.9 Å². The topological polar surface area (TPSA) is 97.8 Å². The Bertz CT molecular complexity index is 856. The van der Waals surface area contributed by atoms with Crippen molar-refractivity contribution in [3.63, 3.8) is 0 Å². The van der Waals surface area contributed by atoms with E-state index in [1.165, 1.54) is 33.4 Å². The Morgan fingerprint density at radius 2 is 2.00 bits per heavy atom. The van der Waals surface area contributed by atoms with Crippen molar-refractivity contribution in [2.75, 3.05) is 27.8 Å². The van der Waals surface area contributed by atoms with E-state index in [2.05, 4.69) is 10.3 Å². The first kappa shape index (κ1) is 19.7. The molecule has 0 saturated carbocycles. The molecule has 0 aliphatic rings. The highest BCUT2D eigenvalue weighted by molar-refractivity contribution is 7.89. The second-order valence-electron chi connectivity index (χ2n) is 5.42. The molecule has 1 aromatic heterocycles. The summed E-state index contributed by atoms with van der Waals surface area (Å²) in [5.74, 6) is 0.119. The van der Waals surface area contributed by atoms with Crippen molar-refractivity contribution in [2.24, 2.45) is 0 Å². The van der Waals surface area contributed by atoms with E-state index in [4.69, 9.17) is 9.47 Å². The number of hydrogen-bond donors (Lipinski definition) is 1. The van der Waals surface area contributed by atoms with Crippen LogP contribution in [0.3, 0.4) is 0 Å². The molecule has 0 spiro atoms. The number of benzene rings is 1. The molecule has 1 amide bonds. The van der Waals surface area contributed by atoms with Gasteiger partial charge in [-0.15, -0.1) is 0 Å². The number of sulfonamides is 1. The summed E-state index contributed by atoms with van der Waals surface area (Å²) >= 11 is 0. The Morgan fingerprint density at radius 1 is 1.23 bits per heavy atom. The Labute approximate surface area is 152 Å². The van der Waals surface area contributed by atoms with Crippen LogP contribution in [0.25, 0.3) is 0 Å². The monoisotopic (exact) mass is 379 g/mol. The normalized spacial score (nSPS) is 11.2. The smallest absolute Gasteiger partial charge is 0.247 e. The lowest BCUT2D eigenvalue weighted by atomic mass is 10.3. The van der Waals surface area contributed by atoms with Crippen LogP contribution in [0.15, 0.2) is 47.6 Å². The molecule has 0 radical (unpaired) electrons. The van der Waals surface area contributed by atoms with Crippen LogP contribution in [0.5, 0.6) is 11.5 Å². The molecule has 0 saturated heterocycles. The lowest BCUT2D eigenvalue weighted by Gasteiger charge is -2.19. The lowest BCUT2D eigenvalue weighted by Crippen LogP contribution is -2.38. The van der Waals surface area contributed by atoms with Gasteiger partial charge in [-0.25, -0.2) is 8.42 Å². The van der Waals surface area contributed by atoms with Gasteiger partial charge >= 0.3 is 0 Å². The highest BCUT2D eigenvalue weighted by Crippen LogP contribution is 2.30. The molecular formula is C17H21N3O5S. The van der Waals surface area contributed by atoms with Crippen molar-refractivity contribution >= 4 is 15.9 Å². The van der Waals surface area contributed by atoms with Crippen molar-refractivity contribution in [1.29, 1.82) is 0 Å². The Hall–Kier alpha value is -2.65. The summed E-state index contributed by atoms with van der Waals surface area (Å²) in [5.41, 5.74) is 0.820. The number of likely N-dealkylation sites (N-methyl/N-ethyl adjacent to an activating group) is 1. The summed E-state index contributed by atoms with van der Waals surface area (Å²) < 4.78 is 36.7. The van der Waals surface area contributed by atoms with Crippen LogP contribution in [-0.4, -0.2) is 51.4 Å². The predicted molar refractivity (Wildman–Crippen MR) is 95.4 cm³/mol. The van der Waals surface area contributed by atoms with E-state index in [-0.39, 0.29) is 23.7 Å². The van der Waals surface area contributed by atoms with Gasteiger partial charge in [-0.2, -0.15) is 4.31 Å². The molecule has 9 heteroatoms. The molecule has 140 valence electrons. The van der Waals surface area contributed by atoms with Gasteiger partial charge < -0.3 is 14.8 Å². The average Bonchev–Trinajstić information content (AvgIpc) is 2.66. The summed E-state index contributed by atoms with van der Waals surface area (Å²) in [7, 11) is 0.209. The Kier molecular flexibility index (Phi) is 6.53. The summed E-state index contributed by atoms with van der Waals surface area (Å²) in [5, 5.41) is 2.66. The fourth-order valence-corrected chi connectivity index (χ4v) is 3.49. The van der Waals surface area contributed by atoms with E-state index in [1.807, 2.05) is 6.07 Å². The fraction of sp³-hybridized carbons (Fsp3) is 0.294. The van der Waals surface area contributed by atoms with Crippen molar-refractivity contribution in [3.05, 3.63) is 48.3 Å². The number of ether oxygens (including phenoxy) is 2. The molecule has 0 atom stereocenters. The molecule has 1 heterocycles. The Morgan fingerprint density at radius 3 is 2.62 bits per heavy atom. The maximum absolute atomic E-state index is 12.8. The van der Waals surface area contributed by atoms with Crippen molar-refractivity contribution in [1.82, 2.24) is 14.6 Å². The first-order valence-corrected chi connectivity index (χ1v) is 9.16. The third-order valence-corrected chi connectivity index (χ3v) is 5.46. The molecule has 0 unspecified atom stereocenters. The summed E-state index contributed by atoms with van der Waals surface area (Å²) in [6.07, 6.45) is 3.26. The van der Waals surface area contributed by atoms with E-state index >= 15 is 0 Å². The quantitative estimate of drug-likeness (QED) is 0.736. The number of aromatic nitrogens is 1. The maximum atomic E-state index is 12.8. The number of nitrogens with zero attached hydrogens (tertiary/aromatic N) is 2. The summed E-state index contributed by atoms with van der Waals surface area (Å²) in [4.78, 5) is 16.0. The van der Waals surface area contributed by atoms with Gasteiger partial charge in [0.05, 0.1) is 20.8 Å². The summed E-state index contributed by atoms with van der Waals surface area (Å²) in [6.45, 7) is -0.0635. The van der Waals surface area contributed by atoms with Crippen LogP contribution >= 0.6 is 0 Å². The zero-order valence-corrected chi connectivity index (χ0v) is 15.6. The van der Waals surface area contributed by atoms with Crippen molar-refractivity contribution in [2.45, 2.75) is 11.4 Å². The first-order valence-electron chi connectivity index (χ1n) is 7.72. The number of carbonyl (C=O) groups excluding carboxylic acids is 1. The molecule has 1 N–H and O–H groups in total. The lowest BCUT2D eigenvalue weighted by molar-refractivity contribution is -0.121. The van der Waals surface area contributed by atoms with E-state index in [1.54, 1.807) is 24.5 Å². The van der Waals surface area contributed by atoms with E-state index in [9.17, 15) is 13.2 Å². The van der Waals surface area contributed by atoms with E-state index in [0.29, 0.717) is 5.75 Å². The molecular weight excluding hydrogens is 358 g/mol. The molecule has 8 nitrogen and oxygen atoms in total. The zero-order valence-electron chi connectivity index (χ0n) is 14.8.